The number of halogens is 3. The van der Waals surface area contributed by atoms with E-state index in [0.29, 0.717) is 0 Å². The maximum Gasteiger partial charge on any atom is 0.417 e. The van der Waals surface area contributed by atoms with Gasteiger partial charge in [-0.25, -0.2) is 9.78 Å². The van der Waals surface area contributed by atoms with E-state index >= 15 is 0 Å². The number of ketones is 1. The Morgan fingerprint density at radius 1 is 1.29 bits per heavy atom. The van der Waals surface area contributed by atoms with Crippen LogP contribution in [0.15, 0.2) is 29.8 Å². The SMILES string of the molecule is CC(C)(C)OC(=O)Nc1cc(CN2CN(c3cc(C(F)(F)F)cs3)C(C(=O)C=O)C2(C)C)ccn1. The van der Waals surface area contributed by atoms with Crippen LogP contribution in [0.25, 0.3) is 0 Å². The van der Waals surface area contributed by atoms with Crippen LogP contribution in [0.5, 0.6) is 0 Å². The fraction of sp³-hybridized carbons (Fsp3) is 0.478. The van der Waals surface area contributed by atoms with Crippen LogP contribution in [0, 0.1) is 0 Å². The van der Waals surface area contributed by atoms with Crippen molar-refractivity contribution >= 4 is 40.3 Å². The zero-order valence-corrected chi connectivity index (χ0v) is 20.8. The van der Waals surface area contributed by atoms with Crippen LogP contribution in [0.3, 0.4) is 0 Å². The predicted octanol–water partition coefficient (Wildman–Crippen LogP) is 4.70. The first kappa shape index (κ1) is 26.6. The third-order valence-corrected chi connectivity index (χ3v) is 6.49. The molecule has 0 spiro atoms. The first-order valence-electron chi connectivity index (χ1n) is 10.7. The number of rotatable bonds is 6. The number of nitrogens with zero attached hydrogens (tertiary/aromatic N) is 3. The molecule has 3 rings (SSSR count). The molecule has 3 heterocycles. The number of carbonyl (C=O) groups is 3. The van der Waals surface area contributed by atoms with Crippen LogP contribution in [-0.4, -0.2) is 51.9 Å². The number of aldehydes is 1. The lowest BCUT2D eigenvalue weighted by atomic mass is 9.91. The van der Waals surface area contributed by atoms with Crippen LogP contribution in [0.1, 0.15) is 45.7 Å². The number of Topliss-reactive ketones (excluding diaryl/α,β-unsaturated/α-hetero) is 1. The zero-order valence-electron chi connectivity index (χ0n) is 20.0. The molecule has 1 atom stereocenters. The molecule has 12 heteroatoms. The minimum atomic E-state index is -4.51. The quantitative estimate of drug-likeness (QED) is 0.443. The summed E-state index contributed by atoms with van der Waals surface area (Å²) >= 11 is 0.868. The molecule has 1 aliphatic rings. The van der Waals surface area contributed by atoms with Gasteiger partial charge in [0.1, 0.15) is 17.5 Å². The van der Waals surface area contributed by atoms with Gasteiger partial charge in [-0.3, -0.25) is 19.8 Å². The number of pyridine rings is 1. The smallest absolute Gasteiger partial charge is 0.417 e. The van der Waals surface area contributed by atoms with Gasteiger partial charge in [0.2, 0.25) is 5.78 Å². The second-order valence-electron chi connectivity index (χ2n) is 9.73. The largest absolute Gasteiger partial charge is 0.444 e. The lowest BCUT2D eigenvalue weighted by Crippen LogP contribution is -2.51. The topological polar surface area (TPSA) is 91.8 Å². The molecule has 35 heavy (non-hydrogen) atoms. The molecular weight excluding hydrogens is 485 g/mol. The minimum Gasteiger partial charge on any atom is -0.444 e. The summed E-state index contributed by atoms with van der Waals surface area (Å²) in [4.78, 5) is 43.6. The van der Waals surface area contributed by atoms with Crippen molar-refractivity contribution < 1.29 is 32.3 Å². The van der Waals surface area contributed by atoms with E-state index in [9.17, 15) is 27.6 Å². The Balaban J connectivity index is 1.85. The van der Waals surface area contributed by atoms with Crippen LogP contribution < -0.4 is 10.2 Å². The molecule has 2 aromatic rings. The third-order valence-electron chi connectivity index (χ3n) is 5.53. The molecule has 0 aromatic carbocycles. The maximum atomic E-state index is 13.2. The Labute approximate surface area is 205 Å². The summed E-state index contributed by atoms with van der Waals surface area (Å²) in [6.07, 6.45) is -3.46. The van der Waals surface area contributed by atoms with E-state index in [0.717, 1.165) is 28.3 Å². The molecule has 0 aliphatic carbocycles. The van der Waals surface area contributed by atoms with Crippen LogP contribution in [0.2, 0.25) is 0 Å². The fourth-order valence-electron chi connectivity index (χ4n) is 3.91. The first-order chi connectivity index (χ1) is 16.1. The van der Waals surface area contributed by atoms with Gasteiger partial charge in [0.15, 0.2) is 6.29 Å². The summed E-state index contributed by atoms with van der Waals surface area (Å²) < 4.78 is 44.7. The number of aromatic nitrogens is 1. The van der Waals surface area contributed by atoms with Gasteiger partial charge in [0, 0.05) is 23.7 Å². The summed E-state index contributed by atoms with van der Waals surface area (Å²) in [5.74, 6) is -0.458. The number of anilines is 2. The summed E-state index contributed by atoms with van der Waals surface area (Å²) in [5.41, 5.74) is -1.64. The van der Waals surface area contributed by atoms with Crippen molar-refractivity contribution in [1.29, 1.82) is 0 Å². The van der Waals surface area contributed by atoms with Crippen molar-refractivity contribution in [2.75, 3.05) is 16.9 Å². The van der Waals surface area contributed by atoms with Gasteiger partial charge in [0.25, 0.3) is 0 Å². The summed E-state index contributed by atoms with van der Waals surface area (Å²) in [6, 6.07) is 3.39. The first-order valence-corrected chi connectivity index (χ1v) is 11.6. The number of carbonyl (C=O) groups excluding carboxylic acids is 3. The summed E-state index contributed by atoms with van der Waals surface area (Å²) in [7, 11) is 0. The van der Waals surface area contributed by atoms with Gasteiger partial charge in [-0.15, -0.1) is 11.3 Å². The van der Waals surface area contributed by atoms with Crippen LogP contribution >= 0.6 is 11.3 Å². The highest BCUT2D eigenvalue weighted by atomic mass is 32.1. The van der Waals surface area contributed by atoms with Gasteiger partial charge in [-0.05, 0) is 58.4 Å². The lowest BCUT2D eigenvalue weighted by Gasteiger charge is -2.34. The van der Waals surface area contributed by atoms with E-state index in [2.05, 4.69) is 10.3 Å². The lowest BCUT2D eigenvalue weighted by molar-refractivity contribution is -0.137. The highest BCUT2D eigenvalue weighted by molar-refractivity contribution is 7.14. The number of alkyl halides is 3. The van der Waals surface area contributed by atoms with Gasteiger partial charge in [0.05, 0.1) is 17.2 Å². The molecule has 0 saturated carbocycles. The Morgan fingerprint density at radius 2 is 1.97 bits per heavy atom. The van der Waals surface area contributed by atoms with Crippen molar-refractivity contribution in [1.82, 2.24) is 9.88 Å². The molecule has 2 aromatic heterocycles. The average molecular weight is 513 g/mol. The van der Waals surface area contributed by atoms with E-state index in [-0.39, 0.29) is 30.3 Å². The second kappa shape index (κ2) is 9.57. The normalized spacial score (nSPS) is 18.4. The van der Waals surface area contributed by atoms with Gasteiger partial charge >= 0.3 is 12.3 Å². The Hall–Kier alpha value is -2.99. The van der Waals surface area contributed by atoms with E-state index in [4.69, 9.17) is 4.74 Å². The molecule has 1 fully saturated rings. The predicted molar refractivity (Wildman–Crippen MR) is 125 cm³/mol. The summed E-state index contributed by atoms with van der Waals surface area (Å²) in [6.45, 7) is 9.14. The number of amides is 1. The number of nitrogens with one attached hydrogen (secondary N) is 1. The van der Waals surface area contributed by atoms with Crippen molar-refractivity contribution in [3.63, 3.8) is 0 Å². The molecule has 0 radical (unpaired) electrons. The zero-order chi connectivity index (χ0) is 26.2. The molecule has 1 saturated heterocycles. The number of thiophene rings is 1. The fourth-order valence-corrected chi connectivity index (χ4v) is 4.86. The van der Waals surface area contributed by atoms with E-state index in [1.54, 1.807) is 46.8 Å². The molecule has 0 bridgehead atoms. The standard InChI is InChI=1S/C23H27F3N4O4S/c1-21(2,3)34-20(33)28-17-8-14(6-7-27-17)10-29-13-30(19(16(32)11-31)22(29,4)5)18-9-15(12-35-18)23(24,25)26/h6-9,11-12,19H,10,13H2,1-5H3,(H,27,28,33). The van der Waals surface area contributed by atoms with Crippen molar-refractivity contribution in [3.8, 4) is 0 Å². The van der Waals surface area contributed by atoms with Gasteiger partial charge in [-0.1, -0.05) is 0 Å². The highest BCUT2D eigenvalue weighted by Gasteiger charge is 2.50. The van der Waals surface area contributed by atoms with Crippen LogP contribution in [-0.2, 0) is 27.0 Å². The number of hydrogen-bond acceptors (Lipinski definition) is 8. The Kier molecular flexibility index (Phi) is 7.28. The van der Waals surface area contributed by atoms with E-state index in [1.165, 1.54) is 11.1 Å². The average Bonchev–Trinajstić information content (AvgIpc) is 3.29. The maximum absolute atomic E-state index is 13.2. The second-order valence-corrected chi connectivity index (χ2v) is 10.6. The van der Waals surface area contributed by atoms with E-state index < -0.39 is 40.8 Å². The Morgan fingerprint density at radius 3 is 2.54 bits per heavy atom. The third kappa shape index (κ3) is 6.17. The van der Waals surface area contributed by atoms with Gasteiger partial charge in [-0.2, -0.15) is 13.2 Å². The van der Waals surface area contributed by atoms with Crippen LogP contribution in [0.4, 0.5) is 28.8 Å². The summed E-state index contributed by atoms with van der Waals surface area (Å²) in [5, 5.41) is 3.80. The molecule has 1 N–H and O–H groups in total. The number of ether oxygens (including phenoxy) is 1. The van der Waals surface area contributed by atoms with E-state index in [1.807, 2.05) is 4.90 Å². The molecule has 1 unspecified atom stereocenters. The number of hydrogen-bond donors (Lipinski definition) is 1. The van der Waals surface area contributed by atoms with Gasteiger partial charge < -0.3 is 9.64 Å². The monoisotopic (exact) mass is 512 g/mol. The molecule has 1 amide bonds. The molecule has 1 aliphatic heterocycles. The Bertz CT molecular complexity index is 1110. The molecule has 190 valence electrons. The van der Waals surface area contributed by atoms with Crippen molar-refractivity contribution in [2.24, 2.45) is 0 Å². The molecule has 8 nitrogen and oxygen atoms in total. The highest BCUT2D eigenvalue weighted by Crippen LogP contribution is 2.42. The minimum absolute atomic E-state index is 0.117. The van der Waals surface area contributed by atoms with Crippen molar-refractivity contribution in [2.45, 2.75) is 64.5 Å². The van der Waals surface area contributed by atoms with Crippen molar-refractivity contribution in [3.05, 3.63) is 40.9 Å². The molecular formula is C23H27F3N4O4S.